The molecule has 1 heterocycles. The summed E-state index contributed by atoms with van der Waals surface area (Å²) < 4.78 is 9.44. The molecule has 1 aliphatic rings. The van der Waals surface area contributed by atoms with Crippen LogP contribution in [0.15, 0.2) is 0 Å². The summed E-state index contributed by atoms with van der Waals surface area (Å²) in [5.41, 5.74) is 6.83. The van der Waals surface area contributed by atoms with E-state index in [4.69, 9.17) is 15.2 Å². The fourth-order valence-electron chi connectivity index (χ4n) is 2.18. The molecule has 0 unspecified atom stereocenters. The monoisotopic (exact) mass is 255 g/mol. The van der Waals surface area contributed by atoms with Gasteiger partial charge in [-0.1, -0.05) is 0 Å². The Morgan fingerprint density at radius 3 is 2.65 bits per heavy atom. The van der Waals surface area contributed by atoms with E-state index in [9.17, 15) is 9.59 Å². The van der Waals surface area contributed by atoms with Crippen molar-refractivity contribution in [1.82, 2.24) is 0 Å². The van der Waals surface area contributed by atoms with Gasteiger partial charge in [0.2, 0.25) is 0 Å². The Labute approximate surface area is 103 Å². The molecular formula is C11H13NO4S. The lowest BCUT2D eigenvalue weighted by Crippen LogP contribution is -2.15. The first-order valence-corrected chi connectivity index (χ1v) is 5.99. The number of hydrogen-bond donors (Lipinski definition) is 1. The molecular weight excluding hydrogens is 242 g/mol. The molecule has 0 radical (unpaired) electrons. The molecule has 1 aromatic rings. The van der Waals surface area contributed by atoms with Crippen LogP contribution in [0.1, 0.15) is 33.1 Å². The maximum Gasteiger partial charge on any atom is 0.341 e. The largest absolute Gasteiger partial charge is 0.469 e. The number of aryl methyl sites for hydroxylation is 1. The van der Waals surface area contributed by atoms with Gasteiger partial charge in [0, 0.05) is 4.88 Å². The third kappa shape index (κ3) is 1.78. The molecule has 0 bridgehead atoms. The van der Waals surface area contributed by atoms with Crippen LogP contribution >= 0.6 is 11.3 Å². The van der Waals surface area contributed by atoms with Crippen molar-refractivity contribution in [3.8, 4) is 0 Å². The van der Waals surface area contributed by atoms with E-state index in [1.165, 1.54) is 25.6 Å². The number of nitrogens with two attached hydrogens (primary N) is 1. The number of nitrogen functional groups attached to an aromatic ring is 1. The lowest BCUT2D eigenvalue weighted by molar-refractivity contribution is -0.142. The first kappa shape index (κ1) is 11.9. The van der Waals surface area contributed by atoms with Crippen LogP contribution in [0.4, 0.5) is 5.00 Å². The summed E-state index contributed by atoms with van der Waals surface area (Å²) in [6, 6.07) is 0. The molecule has 0 spiro atoms. The maximum atomic E-state index is 11.7. The van der Waals surface area contributed by atoms with Crippen LogP contribution < -0.4 is 5.73 Å². The molecule has 1 atom stereocenters. The van der Waals surface area contributed by atoms with Crippen molar-refractivity contribution < 1.29 is 19.1 Å². The highest BCUT2D eigenvalue weighted by atomic mass is 32.1. The van der Waals surface area contributed by atoms with E-state index in [1.807, 2.05) is 0 Å². The summed E-state index contributed by atoms with van der Waals surface area (Å²) in [5.74, 6) is -1.21. The predicted octanol–water partition coefficient (Wildman–Crippen LogP) is 1.32. The smallest absolute Gasteiger partial charge is 0.341 e. The molecule has 0 fully saturated rings. The molecule has 0 amide bonds. The molecule has 5 nitrogen and oxygen atoms in total. The lowest BCUT2D eigenvalue weighted by atomic mass is 9.99. The molecule has 92 valence electrons. The van der Waals surface area contributed by atoms with Gasteiger partial charge in [-0.2, -0.15) is 0 Å². The van der Waals surface area contributed by atoms with Crippen molar-refractivity contribution in [2.24, 2.45) is 0 Å². The molecule has 0 aliphatic heterocycles. The third-order valence-electron chi connectivity index (χ3n) is 2.93. The summed E-state index contributed by atoms with van der Waals surface area (Å²) in [5, 5.41) is 0.412. The van der Waals surface area contributed by atoms with Crippen molar-refractivity contribution in [3.05, 3.63) is 16.0 Å². The summed E-state index contributed by atoms with van der Waals surface area (Å²) >= 11 is 1.35. The molecule has 0 aromatic carbocycles. The molecule has 2 rings (SSSR count). The zero-order valence-corrected chi connectivity index (χ0v) is 10.4. The maximum absolute atomic E-state index is 11.7. The molecule has 1 aliphatic carbocycles. The second-order valence-electron chi connectivity index (χ2n) is 3.78. The summed E-state index contributed by atoms with van der Waals surface area (Å²) in [4.78, 5) is 24.3. The number of thiophene rings is 1. The lowest BCUT2D eigenvalue weighted by Gasteiger charge is -2.09. The van der Waals surface area contributed by atoms with Gasteiger partial charge >= 0.3 is 11.9 Å². The number of carbonyl (C=O) groups excluding carboxylic acids is 2. The average Bonchev–Trinajstić information content (AvgIpc) is 2.84. The molecule has 17 heavy (non-hydrogen) atoms. The molecule has 0 saturated carbocycles. The van der Waals surface area contributed by atoms with Gasteiger partial charge in [-0.25, -0.2) is 4.79 Å². The highest BCUT2D eigenvalue weighted by molar-refractivity contribution is 7.16. The minimum absolute atomic E-state index is 0.327. The average molecular weight is 255 g/mol. The Kier molecular flexibility index (Phi) is 3.06. The van der Waals surface area contributed by atoms with Gasteiger partial charge in [-0.15, -0.1) is 11.3 Å². The third-order valence-corrected chi connectivity index (χ3v) is 4.03. The zero-order valence-electron chi connectivity index (χ0n) is 9.61. The van der Waals surface area contributed by atoms with Crippen molar-refractivity contribution in [2.75, 3.05) is 20.0 Å². The number of fused-ring (bicyclic) bond motifs is 1. The van der Waals surface area contributed by atoms with Crippen molar-refractivity contribution >= 4 is 28.3 Å². The minimum atomic E-state index is -0.490. The van der Waals surface area contributed by atoms with E-state index in [-0.39, 0.29) is 5.97 Å². The SMILES string of the molecule is COC(=O)c1c(N)sc2c1[C@@H](C(=O)OC)CC2. The van der Waals surface area contributed by atoms with Crippen LogP contribution in [0.5, 0.6) is 0 Å². The van der Waals surface area contributed by atoms with E-state index in [0.717, 1.165) is 11.3 Å². The number of methoxy groups -OCH3 is 2. The Hall–Kier alpha value is -1.56. The van der Waals surface area contributed by atoms with E-state index in [1.54, 1.807) is 0 Å². The minimum Gasteiger partial charge on any atom is -0.469 e. The number of rotatable bonds is 2. The van der Waals surface area contributed by atoms with E-state index < -0.39 is 11.9 Å². The number of carbonyl (C=O) groups is 2. The Morgan fingerprint density at radius 1 is 1.35 bits per heavy atom. The van der Waals surface area contributed by atoms with Crippen LogP contribution in [0, 0.1) is 0 Å². The fourth-order valence-corrected chi connectivity index (χ4v) is 3.31. The highest BCUT2D eigenvalue weighted by Crippen LogP contribution is 2.44. The van der Waals surface area contributed by atoms with Crippen molar-refractivity contribution in [2.45, 2.75) is 18.8 Å². The van der Waals surface area contributed by atoms with Gasteiger partial charge in [0.1, 0.15) is 5.00 Å². The van der Waals surface area contributed by atoms with E-state index in [0.29, 0.717) is 22.5 Å². The van der Waals surface area contributed by atoms with Crippen molar-refractivity contribution in [1.29, 1.82) is 0 Å². The first-order valence-electron chi connectivity index (χ1n) is 5.17. The zero-order chi connectivity index (χ0) is 12.6. The second kappa shape index (κ2) is 4.37. The molecule has 2 N–H and O–H groups in total. The number of hydrogen-bond acceptors (Lipinski definition) is 6. The fraction of sp³-hybridized carbons (Fsp3) is 0.455. The van der Waals surface area contributed by atoms with E-state index in [2.05, 4.69) is 0 Å². The number of ether oxygens (including phenoxy) is 2. The van der Waals surface area contributed by atoms with Gasteiger partial charge < -0.3 is 15.2 Å². The van der Waals surface area contributed by atoms with E-state index >= 15 is 0 Å². The summed E-state index contributed by atoms with van der Waals surface area (Å²) in [7, 11) is 2.64. The van der Waals surface area contributed by atoms with Gasteiger partial charge in [0.05, 0.1) is 25.7 Å². The van der Waals surface area contributed by atoms with Crippen LogP contribution in [0.25, 0.3) is 0 Å². The first-order chi connectivity index (χ1) is 8.10. The standard InChI is InChI=1S/C11H13NO4S/c1-15-10(13)5-3-4-6-7(5)8(9(12)17-6)11(14)16-2/h5H,3-4,12H2,1-2H3/t5-/m0/s1. The van der Waals surface area contributed by atoms with Crippen molar-refractivity contribution in [3.63, 3.8) is 0 Å². The van der Waals surface area contributed by atoms with Gasteiger partial charge in [-0.05, 0) is 18.4 Å². The quantitative estimate of drug-likeness (QED) is 0.806. The highest BCUT2D eigenvalue weighted by Gasteiger charge is 2.37. The molecule has 0 saturated heterocycles. The predicted molar refractivity (Wildman–Crippen MR) is 63.1 cm³/mol. The Bertz CT molecular complexity index is 480. The normalized spacial score (nSPS) is 17.6. The van der Waals surface area contributed by atoms with Crippen LogP contribution in [0.3, 0.4) is 0 Å². The van der Waals surface area contributed by atoms with Crippen LogP contribution in [-0.2, 0) is 20.7 Å². The summed E-state index contributed by atoms with van der Waals surface area (Å²) in [6.45, 7) is 0. The van der Waals surface area contributed by atoms with Gasteiger partial charge in [0.15, 0.2) is 0 Å². The Balaban J connectivity index is 2.49. The van der Waals surface area contributed by atoms with Gasteiger partial charge in [-0.3, -0.25) is 4.79 Å². The topological polar surface area (TPSA) is 78.6 Å². The molecule has 1 aromatic heterocycles. The molecule has 6 heteroatoms. The van der Waals surface area contributed by atoms with Crippen LogP contribution in [0.2, 0.25) is 0 Å². The Morgan fingerprint density at radius 2 is 2.06 bits per heavy atom. The van der Waals surface area contributed by atoms with Crippen LogP contribution in [-0.4, -0.2) is 26.2 Å². The second-order valence-corrected chi connectivity index (χ2v) is 4.92. The number of esters is 2. The number of anilines is 1. The van der Waals surface area contributed by atoms with Gasteiger partial charge in [0.25, 0.3) is 0 Å². The summed E-state index contributed by atoms with van der Waals surface area (Å²) in [6.07, 6.45) is 1.42.